The maximum absolute atomic E-state index is 14.4. The summed E-state index contributed by atoms with van der Waals surface area (Å²) >= 11 is 0. The van der Waals surface area contributed by atoms with Crippen LogP contribution in [0.3, 0.4) is 0 Å². The molecule has 1 fully saturated rings. The van der Waals surface area contributed by atoms with E-state index >= 15 is 0 Å². The molecule has 0 spiro atoms. The molecule has 21 heavy (non-hydrogen) atoms. The van der Waals surface area contributed by atoms with Gasteiger partial charge in [-0.05, 0) is 30.7 Å². The number of carbonyl (C=O) groups excluding carboxylic acids is 1. The minimum Gasteiger partial charge on any atom is -0.368 e. The van der Waals surface area contributed by atoms with Gasteiger partial charge in [0.25, 0.3) is 5.91 Å². The van der Waals surface area contributed by atoms with Gasteiger partial charge in [0.05, 0.1) is 5.56 Å². The van der Waals surface area contributed by atoms with Gasteiger partial charge in [0, 0.05) is 25.8 Å². The summed E-state index contributed by atoms with van der Waals surface area (Å²) < 4.78 is 14.4. The van der Waals surface area contributed by atoms with Gasteiger partial charge in [0.15, 0.2) is 11.6 Å². The fraction of sp³-hybridized carbons (Fsp3) is 0.625. The summed E-state index contributed by atoms with van der Waals surface area (Å²) in [6, 6.07) is 1.47. The van der Waals surface area contributed by atoms with Gasteiger partial charge in [-0.15, -0.1) is 0 Å². The fourth-order valence-corrected chi connectivity index (χ4v) is 2.46. The van der Waals surface area contributed by atoms with Crippen molar-refractivity contribution in [2.75, 3.05) is 25.0 Å². The molecular weight excluding hydrogens is 269 g/mol. The SMILES string of the molecule is CCCNc1nccc(C(=O)N2CCC(C)(C)CC2)c1F. The molecule has 1 amide bonds. The molecule has 0 radical (unpaired) electrons. The van der Waals surface area contributed by atoms with E-state index in [1.807, 2.05) is 6.92 Å². The number of rotatable bonds is 4. The number of likely N-dealkylation sites (tertiary alicyclic amines) is 1. The number of pyridine rings is 1. The zero-order chi connectivity index (χ0) is 15.5. The molecule has 1 aliphatic rings. The molecule has 0 unspecified atom stereocenters. The summed E-state index contributed by atoms with van der Waals surface area (Å²) in [6.07, 6.45) is 4.27. The number of nitrogens with one attached hydrogen (secondary N) is 1. The Balaban J connectivity index is 2.12. The molecule has 1 saturated heterocycles. The van der Waals surface area contributed by atoms with E-state index in [0.29, 0.717) is 19.6 Å². The molecule has 1 N–H and O–H groups in total. The molecule has 2 rings (SSSR count). The predicted molar refractivity (Wildman–Crippen MR) is 81.9 cm³/mol. The van der Waals surface area contributed by atoms with E-state index in [9.17, 15) is 9.18 Å². The molecule has 0 atom stereocenters. The van der Waals surface area contributed by atoms with Crippen molar-refractivity contribution in [2.45, 2.75) is 40.0 Å². The summed E-state index contributed by atoms with van der Waals surface area (Å²) in [4.78, 5) is 18.2. The van der Waals surface area contributed by atoms with Crippen LogP contribution in [-0.2, 0) is 0 Å². The van der Waals surface area contributed by atoms with Gasteiger partial charge >= 0.3 is 0 Å². The summed E-state index contributed by atoms with van der Waals surface area (Å²) in [7, 11) is 0. The van der Waals surface area contributed by atoms with Crippen LogP contribution in [0, 0.1) is 11.2 Å². The first-order chi connectivity index (χ1) is 9.94. The molecule has 2 heterocycles. The highest BCUT2D eigenvalue weighted by Gasteiger charge is 2.29. The Morgan fingerprint density at radius 1 is 1.43 bits per heavy atom. The van der Waals surface area contributed by atoms with Crippen molar-refractivity contribution < 1.29 is 9.18 Å². The zero-order valence-electron chi connectivity index (χ0n) is 13.1. The maximum atomic E-state index is 14.4. The van der Waals surface area contributed by atoms with E-state index < -0.39 is 5.82 Å². The number of hydrogen-bond acceptors (Lipinski definition) is 3. The predicted octanol–water partition coefficient (Wildman–Crippen LogP) is 3.30. The van der Waals surface area contributed by atoms with E-state index in [1.54, 1.807) is 4.90 Å². The summed E-state index contributed by atoms with van der Waals surface area (Å²) in [5.41, 5.74) is 0.379. The van der Waals surface area contributed by atoms with Crippen LogP contribution in [0.15, 0.2) is 12.3 Å². The number of nitrogens with zero attached hydrogens (tertiary/aromatic N) is 2. The molecule has 0 aromatic carbocycles. The Morgan fingerprint density at radius 3 is 2.71 bits per heavy atom. The minimum absolute atomic E-state index is 0.114. The highest BCUT2D eigenvalue weighted by atomic mass is 19.1. The number of piperidine rings is 1. The minimum atomic E-state index is -0.541. The lowest BCUT2D eigenvalue weighted by Gasteiger charge is -2.37. The van der Waals surface area contributed by atoms with Crippen LogP contribution >= 0.6 is 0 Å². The fourth-order valence-electron chi connectivity index (χ4n) is 2.46. The van der Waals surface area contributed by atoms with Crippen molar-refractivity contribution in [3.05, 3.63) is 23.6 Å². The van der Waals surface area contributed by atoms with E-state index in [0.717, 1.165) is 19.3 Å². The summed E-state index contributed by atoms with van der Waals surface area (Å²) in [5.74, 6) is -0.606. The molecule has 1 aromatic heterocycles. The summed E-state index contributed by atoms with van der Waals surface area (Å²) in [5, 5.41) is 2.92. The van der Waals surface area contributed by atoms with Crippen LogP contribution in [0.2, 0.25) is 0 Å². The van der Waals surface area contributed by atoms with Crippen LogP contribution in [0.1, 0.15) is 50.4 Å². The highest BCUT2D eigenvalue weighted by molar-refractivity contribution is 5.95. The van der Waals surface area contributed by atoms with Crippen LogP contribution in [0.5, 0.6) is 0 Å². The lowest BCUT2D eigenvalue weighted by atomic mass is 9.82. The molecule has 5 heteroatoms. The first kappa shape index (κ1) is 15.7. The number of aromatic nitrogens is 1. The molecule has 116 valence electrons. The van der Waals surface area contributed by atoms with E-state index in [4.69, 9.17) is 0 Å². The molecule has 4 nitrogen and oxygen atoms in total. The van der Waals surface area contributed by atoms with Crippen molar-refractivity contribution in [3.8, 4) is 0 Å². The first-order valence-corrected chi connectivity index (χ1v) is 7.62. The van der Waals surface area contributed by atoms with Gasteiger partial charge in [0.1, 0.15) is 0 Å². The van der Waals surface area contributed by atoms with Crippen molar-refractivity contribution in [3.63, 3.8) is 0 Å². The van der Waals surface area contributed by atoms with E-state index in [-0.39, 0.29) is 22.7 Å². The van der Waals surface area contributed by atoms with E-state index in [1.165, 1.54) is 12.3 Å². The van der Waals surface area contributed by atoms with Crippen LogP contribution < -0.4 is 5.32 Å². The van der Waals surface area contributed by atoms with Crippen molar-refractivity contribution in [2.24, 2.45) is 5.41 Å². The number of hydrogen-bond donors (Lipinski definition) is 1. The maximum Gasteiger partial charge on any atom is 0.257 e. The van der Waals surface area contributed by atoms with Gasteiger partial charge in [-0.25, -0.2) is 9.37 Å². The van der Waals surface area contributed by atoms with Gasteiger partial charge < -0.3 is 10.2 Å². The molecule has 0 aliphatic carbocycles. The molecular formula is C16H24FN3O. The Kier molecular flexibility index (Phi) is 4.80. The van der Waals surface area contributed by atoms with Crippen LogP contribution in [0.25, 0.3) is 0 Å². The number of anilines is 1. The average Bonchev–Trinajstić information content (AvgIpc) is 2.45. The highest BCUT2D eigenvalue weighted by Crippen LogP contribution is 2.30. The monoisotopic (exact) mass is 293 g/mol. The zero-order valence-corrected chi connectivity index (χ0v) is 13.1. The molecule has 1 aliphatic heterocycles. The number of halogens is 1. The Morgan fingerprint density at radius 2 is 2.10 bits per heavy atom. The van der Waals surface area contributed by atoms with Gasteiger partial charge in [0.2, 0.25) is 0 Å². The Bertz CT molecular complexity index is 506. The Hall–Kier alpha value is -1.65. The third-order valence-corrected chi connectivity index (χ3v) is 4.07. The second kappa shape index (κ2) is 6.41. The molecule has 0 saturated carbocycles. The van der Waals surface area contributed by atoms with Crippen LogP contribution in [0.4, 0.5) is 10.2 Å². The third-order valence-electron chi connectivity index (χ3n) is 4.07. The van der Waals surface area contributed by atoms with Crippen molar-refractivity contribution in [1.82, 2.24) is 9.88 Å². The van der Waals surface area contributed by atoms with Crippen molar-refractivity contribution >= 4 is 11.7 Å². The summed E-state index contributed by atoms with van der Waals surface area (Å²) in [6.45, 7) is 8.41. The molecule has 0 bridgehead atoms. The smallest absolute Gasteiger partial charge is 0.257 e. The molecule has 1 aromatic rings. The number of carbonyl (C=O) groups is 1. The lowest BCUT2D eigenvalue weighted by molar-refractivity contribution is 0.0625. The van der Waals surface area contributed by atoms with Gasteiger partial charge in [-0.2, -0.15) is 0 Å². The van der Waals surface area contributed by atoms with Crippen molar-refractivity contribution in [1.29, 1.82) is 0 Å². The number of amides is 1. The average molecular weight is 293 g/mol. The second-order valence-corrected chi connectivity index (χ2v) is 6.40. The topological polar surface area (TPSA) is 45.2 Å². The van der Waals surface area contributed by atoms with Gasteiger partial charge in [-0.3, -0.25) is 4.79 Å². The second-order valence-electron chi connectivity index (χ2n) is 6.40. The standard InChI is InChI=1S/C16H24FN3O/c1-4-8-18-14-13(17)12(5-9-19-14)15(21)20-10-6-16(2,3)7-11-20/h5,9H,4,6-8,10-11H2,1-3H3,(H,18,19). The third kappa shape index (κ3) is 3.71. The Labute approximate surface area is 125 Å². The quantitative estimate of drug-likeness (QED) is 0.926. The van der Waals surface area contributed by atoms with Gasteiger partial charge in [-0.1, -0.05) is 20.8 Å². The first-order valence-electron chi connectivity index (χ1n) is 7.62. The lowest BCUT2D eigenvalue weighted by Crippen LogP contribution is -2.41. The normalized spacial score (nSPS) is 17.6. The van der Waals surface area contributed by atoms with E-state index in [2.05, 4.69) is 24.1 Å². The largest absolute Gasteiger partial charge is 0.368 e. The van der Waals surface area contributed by atoms with Crippen LogP contribution in [-0.4, -0.2) is 35.4 Å².